The van der Waals surface area contributed by atoms with Crippen LogP contribution in [0.25, 0.3) is 78.7 Å². The molecule has 1 aromatic heterocycles. The summed E-state index contributed by atoms with van der Waals surface area (Å²) in [6.45, 7) is 0. The molecule has 0 amide bonds. The highest BCUT2D eigenvalue weighted by atomic mass is 16.5. The Morgan fingerprint density at radius 2 is 0.774 bits per heavy atom. The minimum absolute atomic E-state index is 0.0855. The zero-order valence-corrected chi connectivity index (χ0v) is 33.8. The summed E-state index contributed by atoms with van der Waals surface area (Å²) in [4.78, 5) is 15.3. The zero-order chi connectivity index (χ0) is 41.0. The number of nitrogens with zero attached hydrogens (tertiary/aromatic N) is 3. The van der Waals surface area contributed by atoms with Crippen LogP contribution in [-0.4, -0.2) is 21.1 Å². The summed E-state index contributed by atoms with van der Waals surface area (Å²) in [5.41, 5.74) is 16.7. The van der Waals surface area contributed by atoms with Crippen LogP contribution in [0.4, 0.5) is 0 Å². The number of rotatable bonds is 6. The SMILES string of the molecule is C1=CCC2Oc3c(-c4ccc(-c5nc(-c6ccc(-c7ccccc7)cc6)nc(-c6ccc(-c7ccccc7)cc6)n5)cc4)cccc3C3(C2=C1)c1ccccc1-c1ccccc13. The number of fused-ring (bicyclic) bond motifs is 9. The molecule has 292 valence electrons. The molecule has 1 spiro atoms. The van der Waals surface area contributed by atoms with Gasteiger partial charge in [0, 0.05) is 34.2 Å². The van der Waals surface area contributed by atoms with Crippen molar-refractivity contribution in [3.05, 3.63) is 241 Å². The third kappa shape index (κ3) is 5.79. The Hall–Kier alpha value is -7.95. The Bertz CT molecular complexity index is 3060. The molecule has 62 heavy (non-hydrogen) atoms. The van der Waals surface area contributed by atoms with Crippen molar-refractivity contribution < 1.29 is 4.74 Å². The summed E-state index contributed by atoms with van der Waals surface area (Å²) in [6, 6.07) is 70.9. The average molecular weight is 794 g/mol. The molecule has 1 unspecified atom stereocenters. The number of ether oxygens (including phenoxy) is 1. The van der Waals surface area contributed by atoms with E-state index >= 15 is 0 Å². The Kier molecular flexibility index (Phi) is 8.49. The maximum atomic E-state index is 7.10. The number of hydrogen-bond acceptors (Lipinski definition) is 4. The fourth-order valence-electron chi connectivity index (χ4n) is 9.85. The van der Waals surface area contributed by atoms with Gasteiger partial charge in [-0.1, -0.05) is 218 Å². The molecule has 2 aliphatic carbocycles. The lowest BCUT2D eigenvalue weighted by Gasteiger charge is -2.45. The average Bonchev–Trinajstić information content (AvgIpc) is 3.65. The molecular formula is C58H39N3O. The molecule has 0 radical (unpaired) electrons. The van der Waals surface area contributed by atoms with Crippen molar-refractivity contribution in [2.24, 2.45) is 0 Å². The standard InChI is InChI=1S/C58H39N3O/c1-3-14-38(15-4-1)40-26-32-43(33-27-40)55-59-56(44-34-28-41(29-35-44)39-16-5-2-6-17-39)61-57(60-55)45-36-30-42(31-37-45)46-20-13-24-52-54(46)62-53-25-12-11-23-51(53)58(52)49-21-9-7-18-47(49)48-19-8-10-22-50(48)58/h1-24,26-37,53H,25H2. The molecule has 0 fully saturated rings. The molecule has 12 rings (SSSR count). The Morgan fingerprint density at radius 1 is 0.371 bits per heavy atom. The molecule has 4 nitrogen and oxygen atoms in total. The molecule has 0 N–H and O–H groups in total. The highest BCUT2D eigenvalue weighted by Crippen LogP contribution is 2.62. The number of para-hydroxylation sites is 1. The van der Waals surface area contributed by atoms with Gasteiger partial charge in [0.2, 0.25) is 0 Å². The van der Waals surface area contributed by atoms with E-state index in [0.717, 1.165) is 51.1 Å². The van der Waals surface area contributed by atoms with E-state index in [1.807, 2.05) is 12.1 Å². The van der Waals surface area contributed by atoms with Crippen molar-refractivity contribution in [2.45, 2.75) is 17.9 Å². The zero-order valence-electron chi connectivity index (χ0n) is 33.8. The van der Waals surface area contributed by atoms with Crippen LogP contribution in [0.1, 0.15) is 23.1 Å². The van der Waals surface area contributed by atoms with Crippen molar-refractivity contribution in [1.82, 2.24) is 15.0 Å². The predicted octanol–water partition coefficient (Wildman–Crippen LogP) is 13.8. The summed E-state index contributed by atoms with van der Waals surface area (Å²) >= 11 is 0. The van der Waals surface area contributed by atoms with Crippen molar-refractivity contribution in [2.75, 3.05) is 0 Å². The van der Waals surface area contributed by atoms with Crippen LogP contribution in [0.15, 0.2) is 224 Å². The van der Waals surface area contributed by atoms with Crippen molar-refractivity contribution in [3.63, 3.8) is 0 Å². The van der Waals surface area contributed by atoms with E-state index in [4.69, 9.17) is 19.7 Å². The smallest absolute Gasteiger partial charge is 0.164 e. The lowest BCUT2D eigenvalue weighted by Crippen LogP contribution is -2.42. The van der Waals surface area contributed by atoms with E-state index in [2.05, 4.69) is 206 Å². The van der Waals surface area contributed by atoms with Gasteiger partial charge in [-0.15, -0.1) is 0 Å². The van der Waals surface area contributed by atoms with Crippen LogP contribution in [-0.2, 0) is 5.41 Å². The third-order valence-electron chi connectivity index (χ3n) is 12.8. The van der Waals surface area contributed by atoms with Crippen LogP contribution >= 0.6 is 0 Å². The van der Waals surface area contributed by atoms with E-state index in [-0.39, 0.29) is 6.10 Å². The summed E-state index contributed by atoms with van der Waals surface area (Å²) in [5, 5.41) is 0. The van der Waals surface area contributed by atoms with E-state index in [1.54, 1.807) is 0 Å². The van der Waals surface area contributed by atoms with Crippen molar-refractivity contribution >= 4 is 0 Å². The Balaban J connectivity index is 0.958. The minimum atomic E-state index is -0.456. The van der Waals surface area contributed by atoms with E-state index in [9.17, 15) is 0 Å². The monoisotopic (exact) mass is 793 g/mol. The molecule has 1 atom stereocenters. The highest BCUT2D eigenvalue weighted by Gasteiger charge is 2.54. The lowest BCUT2D eigenvalue weighted by atomic mass is 9.62. The number of hydrogen-bond donors (Lipinski definition) is 0. The second-order valence-electron chi connectivity index (χ2n) is 16.2. The molecule has 0 bridgehead atoms. The lowest BCUT2D eigenvalue weighted by molar-refractivity contribution is 0.206. The summed E-state index contributed by atoms with van der Waals surface area (Å²) < 4.78 is 7.10. The summed E-state index contributed by atoms with van der Waals surface area (Å²) in [6.07, 6.45) is 7.45. The molecule has 8 aromatic carbocycles. The van der Waals surface area contributed by atoms with Gasteiger partial charge in [-0.2, -0.15) is 0 Å². The maximum Gasteiger partial charge on any atom is 0.164 e. The van der Waals surface area contributed by atoms with E-state index in [1.165, 1.54) is 44.5 Å². The second-order valence-corrected chi connectivity index (χ2v) is 16.2. The third-order valence-corrected chi connectivity index (χ3v) is 12.8. The molecule has 4 heteroatoms. The van der Waals surface area contributed by atoms with Crippen molar-refractivity contribution in [3.8, 4) is 84.4 Å². The predicted molar refractivity (Wildman–Crippen MR) is 250 cm³/mol. The van der Waals surface area contributed by atoms with Crippen LogP contribution in [0.2, 0.25) is 0 Å². The van der Waals surface area contributed by atoms with E-state index < -0.39 is 5.41 Å². The fourth-order valence-corrected chi connectivity index (χ4v) is 9.85. The molecule has 1 aliphatic heterocycles. The van der Waals surface area contributed by atoms with Gasteiger partial charge in [0.15, 0.2) is 17.5 Å². The first kappa shape index (κ1) is 35.9. The van der Waals surface area contributed by atoms with Gasteiger partial charge in [0.25, 0.3) is 0 Å². The normalized spacial score (nSPS) is 15.2. The minimum Gasteiger partial charge on any atom is -0.485 e. The topological polar surface area (TPSA) is 47.9 Å². The van der Waals surface area contributed by atoms with Crippen molar-refractivity contribution in [1.29, 1.82) is 0 Å². The molecule has 9 aromatic rings. The van der Waals surface area contributed by atoms with Gasteiger partial charge in [-0.3, -0.25) is 0 Å². The Morgan fingerprint density at radius 3 is 1.29 bits per heavy atom. The quantitative estimate of drug-likeness (QED) is 0.168. The fraction of sp³-hybridized carbons (Fsp3) is 0.0517. The molecular weight excluding hydrogens is 755 g/mol. The first-order valence-corrected chi connectivity index (χ1v) is 21.3. The Labute approximate surface area is 361 Å². The van der Waals surface area contributed by atoms with Crippen LogP contribution in [0.5, 0.6) is 5.75 Å². The molecule has 2 heterocycles. The van der Waals surface area contributed by atoms with Gasteiger partial charge >= 0.3 is 0 Å². The van der Waals surface area contributed by atoms with Gasteiger partial charge in [-0.05, 0) is 55.6 Å². The molecule has 0 saturated heterocycles. The van der Waals surface area contributed by atoms with E-state index in [0.29, 0.717) is 17.5 Å². The molecule has 0 saturated carbocycles. The van der Waals surface area contributed by atoms with Gasteiger partial charge in [0.05, 0.1) is 5.41 Å². The van der Waals surface area contributed by atoms with Gasteiger partial charge in [0.1, 0.15) is 11.9 Å². The second kappa shape index (κ2) is 14.6. The largest absolute Gasteiger partial charge is 0.485 e. The number of aromatic nitrogens is 3. The first-order chi connectivity index (χ1) is 30.7. The first-order valence-electron chi connectivity index (χ1n) is 21.3. The summed E-state index contributed by atoms with van der Waals surface area (Å²) in [7, 11) is 0. The highest BCUT2D eigenvalue weighted by molar-refractivity contribution is 5.89. The van der Waals surface area contributed by atoms with Gasteiger partial charge in [-0.25, -0.2) is 15.0 Å². The maximum absolute atomic E-state index is 7.10. The van der Waals surface area contributed by atoms with Crippen LogP contribution < -0.4 is 4.74 Å². The number of allylic oxidation sites excluding steroid dienone is 2. The van der Waals surface area contributed by atoms with Crippen LogP contribution in [0, 0.1) is 0 Å². The van der Waals surface area contributed by atoms with Gasteiger partial charge < -0.3 is 4.74 Å². The number of benzene rings is 8. The molecule has 3 aliphatic rings. The summed E-state index contributed by atoms with van der Waals surface area (Å²) in [5.74, 6) is 2.80. The van der Waals surface area contributed by atoms with Crippen LogP contribution in [0.3, 0.4) is 0 Å².